The number of carbonyl (C=O) groups excluding carboxylic acids is 2. The molecule has 0 bridgehead atoms. The molecule has 1 saturated heterocycles. The summed E-state index contributed by atoms with van der Waals surface area (Å²) >= 11 is 0. The summed E-state index contributed by atoms with van der Waals surface area (Å²) in [5.41, 5.74) is 2.48. The van der Waals surface area contributed by atoms with E-state index in [2.05, 4.69) is 6.92 Å². The Kier molecular flexibility index (Phi) is 6.91. The van der Waals surface area contributed by atoms with Crippen LogP contribution in [-0.4, -0.2) is 51.3 Å². The first-order valence-corrected chi connectivity index (χ1v) is 15.5. The highest BCUT2D eigenvalue weighted by Gasteiger charge is 2.75. The van der Waals surface area contributed by atoms with Crippen LogP contribution in [0.2, 0.25) is 0 Å². The maximum Gasteiger partial charge on any atom is 0.193 e. The van der Waals surface area contributed by atoms with Crippen LogP contribution in [0.4, 0.5) is 0 Å². The Morgan fingerprint density at radius 1 is 1.05 bits per heavy atom. The first kappa shape index (κ1) is 28.8. The molecule has 0 radical (unpaired) electrons. The van der Waals surface area contributed by atoms with E-state index < -0.39 is 41.5 Å². The van der Waals surface area contributed by atoms with Gasteiger partial charge in [-0.3, -0.25) is 9.59 Å². The topological polar surface area (TPSA) is 113 Å². The summed E-state index contributed by atoms with van der Waals surface area (Å²) in [6.45, 7) is 3.53. The van der Waals surface area contributed by atoms with E-state index in [4.69, 9.17) is 9.47 Å². The Hall–Kier alpha value is -2.94. The zero-order valence-corrected chi connectivity index (χ0v) is 24.7. The molecule has 1 aliphatic heterocycles. The van der Waals surface area contributed by atoms with Crippen molar-refractivity contribution in [1.29, 1.82) is 0 Å². The second-order valence-electron chi connectivity index (χ2n) is 13.7. The van der Waals surface area contributed by atoms with Gasteiger partial charge in [0.1, 0.15) is 6.61 Å². The number of hydrogen-bond acceptors (Lipinski definition) is 7. The van der Waals surface area contributed by atoms with Gasteiger partial charge in [0.15, 0.2) is 23.5 Å². The molecule has 2 aromatic rings. The minimum atomic E-state index is -1.36. The minimum Gasteiger partial charge on any atom is -0.393 e. The zero-order chi connectivity index (χ0) is 30.1. The van der Waals surface area contributed by atoms with Gasteiger partial charge in [-0.25, -0.2) is 0 Å². The quantitative estimate of drug-likeness (QED) is 0.462. The Morgan fingerprint density at radius 2 is 1.81 bits per heavy atom. The van der Waals surface area contributed by atoms with Crippen molar-refractivity contribution in [1.82, 2.24) is 0 Å². The molecule has 0 amide bonds. The summed E-state index contributed by atoms with van der Waals surface area (Å²) in [6.07, 6.45) is 6.64. The van der Waals surface area contributed by atoms with E-state index in [0.29, 0.717) is 12.8 Å². The summed E-state index contributed by atoms with van der Waals surface area (Å²) in [5.74, 6) is -0.278. The van der Waals surface area contributed by atoms with Gasteiger partial charge in [0, 0.05) is 22.3 Å². The minimum absolute atomic E-state index is 0.000677. The lowest BCUT2D eigenvalue weighted by molar-refractivity contribution is -0.201. The predicted octanol–water partition coefficient (Wildman–Crippen LogP) is 4.37. The van der Waals surface area contributed by atoms with Crippen LogP contribution < -0.4 is 0 Å². The van der Waals surface area contributed by atoms with Crippen LogP contribution in [-0.2, 0) is 32.1 Å². The first-order chi connectivity index (χ1) is 20.6. The number of fused-ring (bicyclic) bond motifs is 7. The highest BCUT2D eigenvalue weighted by molar-refractivity contribution is 6.01. The Balaban J connectivity index is 1.16. The van der Waals surface area contributed by atoms with Crippen LogP contribution >= 0.6 is 0 Å². The van der Waals surface area contributed by atoms with Crippen LogP contribution in [0.5, 0.6) is 0 Å². The molecule has 0 spiro atoms. The molecular formula is C36H40O7. The van der Waals surface area contributed by atoms with Crippen LogP contribution in [0.15, 0.2) is 72.3 Å². The van der Waals surface area contributed by atoms with Gasteiger partial charge in [0.05, 0.1) is 18.8 Å². The van der Waals surface area contributed by atoms with Crippen molar-refractivity contribution in [3.05, 3.63) is 94.6 Å². The lowest BCUT2D eigenvalue weighted by Crippen LogP contribution is -2.63. The number of aliphatic hydroxyl groups is 3. The van der Waals surface area contributed by atoms with Crippen molar-refractivity contribution in [2.75, 3.05) is 6.61 Å². The first-order valence-electron chi connectivity index (χ1n) is 15.5. The Morgan fingerprint density at radius 3 is 2.56 bits per heavy atom. The van der Waals surface area contributed by atoms with Crippen molar-refractivity contribution >= 4 is 11.6 Å². The normalized spacial score (nSPS) is 39.5. The number of aliphatic hydroxyl groups excluding tert-OH is 3. The molecule has 3 N–H and O–H groups in total. The van der Waals surface area contributed by atoms with Gasteiger partial charge in [-0.1, -0.05) is 74.0 Å². The van der Waals surface area contributed by atoms with Gasteiger partial charge in [0.2, 0.25) is 0 Å². The van der Waals surface area contributed by atoms with E-state index in [9.17, 15) is 24.9 Å². The molecule has 9 atom stereocenters. The molecule has 7 rings (SSSR count). The standard InChI is InChI=1S/C36H40O7/c1-34-13-12-26(39)16-25(34)10-11-27-28-17-31-36(30(41)20-38,35(28,2)18-29(40)32(27)34)43-33(42-31)24-8-6-21(7-9-24)14-22-4-3-5-23(15-22)19-37/h3-9,12-13,15-16,27-29,31-33,37-38,40H,10-11,14,17-20H2,1-2H3/t27-,28-,29-,31+,32?,33+,34-,35-,36+/m0/s1. The highest BCUT2D eigenvalue weighted by atomic mass is 16.7. The average molecular weight is 585 g/mol. The number of rotatable bonds is 6. The molecule has 2 aromatic carbocycles. The van der Waals surface area contributed by atoms with E-state index >= 15 is 0 Å². The summed E-state index contributed by atoms with van der Waals surface area (Å²) in [5, 5.41) is 31.5. The van der Waals surface area contributed by atoms with Gasteiger partial charge in [0.25, 0.3) is 0 Å². The van der Waals surface area contributed by atoms with Gasteiger partial charge in [-0.05, 0) is 72.8 Å². The Bertz CT molecular complexity index is 1510. The smallest absolute Gasteiger partial charge is 0.193 e. The number of hydrogen-bond donors (Lipinski definition) is 3. The van der Waals surface area contributed by atoms with E-state index in [1.54, 1.807) is 12.2 Å². The predicted molar refractivity (Wildman–Crippen MR) is 159 cm³/mol. The Labute approximate surface area is 252 Å². The fraction of sp³-hybridized carbons (Fsp3) is 0.500. The van der Waals surface area contributed by atoms with Crippen LogP contribution in [0.1, 0.15) is 68.1 Å². The number of carbonyl (C=O) groups is 2. The molecule has 1 unspecified atom stereocenters. The third-order valence-corrected chi connectivity index (χ3v) is 11.6. The lowest BCUT2D eigenvalue weighted by atomic mass is 9.46. The van der Waals surface area contributed by atoms with Crippen molar-refractivity contribution < 1.29 is 34.4 Å². The molecule has 0 aromatic heterocycles. The van der Waals surface area contributed by atoms with Crippen molar-refractivity contribution in [3.8, 4) is 0 Å². The molecule has 3 saturated carbocycles. The van der Waals surface area contributed by atoms with Crippen LogP contribution in [0, 0.1) is 28.6 Å². The molecule has 5 aliphatic rings. The average Bonchev–Trinajstić information content (AvgIpc) is 3.50. The van der Waals surface area contributed by atoms with E-state index in [1.807, 2.05) is 61.5 Å². The second-order valence-corrected chi connectivity index (χ2v) is 13.7. The number of ketones is 2. The second kappa shape index (κ2) is 10.3. The third kappa shape index (κ3) is 4.20. The highest BCUT2D eigenvalue weighted by Crippen LogP contribution is 2.70. The summed E-state index contributed by atoms with van der Waals surface area (Å²) in [7, 11) is 0. The van der Waals surface area contributed by atoms with E-state index in [1.165, 1.54) is 0 Å². The van der Waals surface area contributed by atoms with Crippen molar-refractivity contribution in [3.63, 3.8) is 0 Å². The largest absolute Gasteiger partial charge is 0.393 e. The molecule has 43 heavy (non-hydrogen) atoms. The summed E-state index contributed by atoms with van der Waals surface area (Å²) in [4.78, 5) is 25.9. The maximum atomic E-state index is 13.7. The number of ether oxygens (including phenoxy) is 2. The fourth-order valence-corrected chi connectivity index (χ4v) is 9.70. The van der Waals surface area contributed by atoms with Gasteiger partial charge in [-0.2, -0.15) is 0 Å². The van der Waals surface area contributed by atoms with E-state index in [-0.39, 0.29) is 35.9 Å². The summed E-state index contributed by atoms with van der Waals surface area (Å²) in [6, 6.07) is 15.9. The summed E-state index contributed by atoms with van der Waals surface area (Å²) < 4.78 is 13.3. The van der Waals surface area contributed by atoms with Crippen LogP contribution in [0.3, 0.4) is 0 Å². The number of Topliss-reactive ketones (excluding diaryl/α,β-unsaturated/α-hetero) is 1. The molecule has 4 aliphatic carbocycles. The molecule has 7 nitrogen and oxygen atoms in total. The lowest BCUT2D eigenvalue weighted by Gasteiger charge is -2.59. The molecule has 226 valence electrons. The van der Waals surface area contributed by atoms with Crippen molar-refractivity contribution in [2.45, 2.75) is 76.7 Å². The van der Waals surface area contributed by atoms with Crippen LogP contribution in [0.25, 0.3) is 0 Å². The van der Waals surface area contributed by atoms with Gasteiger partial charge in [-0.15, -0.1) is 0 Å². The van der Waals surface area contributed by atoms with Gasteiger partial charge < -0.3 is 24.8 Å². The van der Waals surface area contributed by atoms with Gasteiger partial charge >= 0.3 is 0 Å². The number of benzene rings is 2. The third-order valence-electron chi connectivity index (χ3n) is 11.6. The molecular weight excluding hydrogens is 544 g/mol. The zero-order valence-electron chi connectivity index (χ0n) is 24.7. The molecule has 4 fully saturated rings. The maximum absolute atomic E-state index is 13.7. The molecule has 1 heterocycles. The van der Waals surface area contributed by atoms with E-state index in [0.717, 1.165) is 47.1 Å². The fourth-order valence-electron chi connectivity index (χ4n) is 9.70. The SMILES string of the molecule is C[C@]12C=CC(=O)C=C1CC[C@@H]1C2[C@@H](O)C[C@@]2(C)[C@H]1C[C@H]1O[C@@H](c3ccc(Cc4cccc(CO)c4)cc3)O[C@]12C(=O)CO. The monoisotopic (exact) mass is 584 g/mol. The number of allylic oxidation sites excluding steroid dienone is 4. The molecule has 7 heteroatoms. The van der Waals surface area contributed by atoms with Crippen molar-refractivity contribution in [2.24, 2.45) is 28.6 Å².